The molecule has 0 aliphatic heterocycles. The van der Waals surface area contributed by atoms with Gasteiger partial charge in [-0.1, -0.05) is 11.8 Å². The Morgan fingerprint density at radius 2 is 2.29 bits per heavy atom. The highest BCUT2D eigenvalue weighted by atomic mass is 16.2. The highest BCUT2D eigenvalue weighted by molar-refractivity contribution is 5.96. The van der Waals surface area contributed by atoms with E-state index in [-0.39, 0.29) is 12.5 Å². The normalized spacial score (nSPS) is 10.4. The molecule has 0 radical (unpaired) electrons. The Labute approximate surface area is 126 Å². The Bertz CT molecular complexity index is 518. The smallest absolute Gasteiger partial charge is 0.252 e. The van der Waals surface area contributed by atoms with Crippen LogP contribution >= 0.6 is 0 Å². The molecule has 2 N–H and O–H groups in total. The molecular weight excluding hydrogens is 266 g/mol. The van der Waals surface area contributed by atoms with Gasteiger partial charge >= 0.3 is 0 Å². The van der Waals surface area contributed by atoms with Crippen molar-refractivity contribution in [1.82, 2.24) is 15.2 Å². The molecule has 1 aromatic heterocycles. The van der Waals surface area contributed by atoms with Crippen molar-refractivity contribution >= 4 is 5.91 Å². The second-order valence-electron chi connectivity index (χ2n) is 5.06. The van der Waals surface area contributed by atoms with Crippen molar-refractivity contribution in [2.24, 2.45) is 0 Å². The van der Waals surface area contributed by atoms with E-state index in [0.717, 1.165) is 13.0 Å². The van der Waals surface area contributed by atoms with Gasteiger partial charge in [-0.3, -0.25) is 9.78 Å². The van der Waals surface area contributed by atoms with Gasteiger partial charge in [0.15, 0.2) is 0 Å². The van der Waals surface area contributed by atoms with Gasteiger partial charge in [0.05, 0.1) is 11.1 Å². The van der Waals surface area contributed by atoms with Gasteiger partial charge in [0.2, 0.25) is 0 Å². The van der Waals surface area contributed by atoms with E-state index in [1.54, 1.807) is 12.3 Å². The molecule has 0 saturated carbocycles. The molecule has 114 valence electrons. The molecule has 1 amide bonds. The summed E-state index contributed by atoms with van der Waals surface area (Å²) in [4.78, 5) is 18.3. The third-order valence-electron chi connectivity index (χ3n) is 3.22. The Morgan fingerprint density at radius 3 is 2.95 bits per heavy atom. The van der Waals surface area contributed by atoms with Crippen molar-refractivity contribution in [3.05, 3.63) is 29.6 Å². The van der Waals surface area contributed by atoms with Gasteiger partial charge in [0, 0.05) is 25.0 Å². The maximum absolute atomic E-state index is 12.1. The third kappa shape index (κ3) is 5.94. The minimum absolute atomic E-state index is 0.160. The number of aliphatic hydroxyl groups is 1. The van der Waals surface area contributed by atoms with Crippen LogP contribution in [-0.4, -0.2) is 53.7 Å². The molecule has 0 bridgehead atoms. The number of hydrogen-bond acceptors (Lipinski definition) is 4. The predicted octanol–water partition coefficient (Wildman–Crippen LogP) is 0.885. The zero-order valence-electron chi connectivity index (χ0n) is 12.9. The van der Waals surface area contributed by atoms with E-state index in [9.17, 15) is 4.79 Å². The SMILES string of the molecule is CC(C)N(C)CCCNC(=O)c1ccncc1C#CCO. The average molecular weight is 289 g/mol. The molecule has 0 aliphatic carbocycles. The standard InChI is InChI=1S/C16H23N3O2/c1-13(2)19(3)10-5-8-18-16(21)15-7-9-17-12-14(15)6-4-11-20/h7,9,12-13,20H,5,8,10-11H2,1-3H3,(H,18,21). The number of carbonyl (C=O) groups is 1. The summed E-state index contributed by atoms with van der Waals surface area (Å²) < 4.78 is 0. The van der Waals surface area contributed by atoms with E-state index < -0.39 is 0 Å². The molecule has 0 aromatic carbocycles. The number of amides is 1. The van der Waals surface area contributed by atoms with Crippen LogP contribution in [0.15, 0.2) is 18.5 Å². The highest BCUT2D eigenvalue weighted by Crippen LogP contribution is 2.05. The molecule has 0 unspecified atom stereocenters. The fourth-order valence-electron chi connectivity index (χ4n) is 1.71. The van der Waals surface area contributed by atoms with Crippen molar-refractivity contribution in [2.45, 2.75) is 26.3 Å². The molecule has 0 fully saturated rings. The number of hydrogen-bond donors (Lipinski definition) is 2. The van der Waals surface area contributed by atoms with Crippen molar-refractivity contribution < 1.29 is 9.90 Å². The number of nitrogens with zero attached hydrogens (tertiary/aromatic N) is 2. The molecule has 0 atom stereocenters. The Kier molecular flexibility index (Phi) is 7.44. The minimum atomic E-state index is -0.239. The summed E-state index contributed by atoms with van der Waals surface area (Å²) in [6.07, 6.45) is 3.98. The van der Waals surface area contributed by atoms with E-state index in [2.05, 4.69) is 47.9 Å². The van der Waals surface area contributed by atoms with Crippen LogP contribution in [0, 0.1) is 11.8 Å². The van der Waals surface area contributed by atoms with Gasteiger partial charge in [0.25, 0.3) is 5.91 Å². The molecular formula is C16H23N3O2. The van der Waals surface area contributed by atoms with Crippen LogP contribution in [0.2, 0.25) is 0 Å². The molecule has 21 heavy (non-hydrogen) atoms. The van der Waals surface area contributed by atoms with Crippen molar-refractivity contribution in [2.75, 3.05) is 26.7 Å². The van der Waals surface area contributed by atoms with E-state index in [1.807, 2.05) is 0 Å². The van der Waals surface area contributed by atoms with E-state index in [0.29, 0.717) is 23.7 Å². The average Bonchev–Trinajstić information content (AvgIpc) is 2.49. The number of pyridine rings is 1. The highest BCUT2D eigenvalue weighted by Gasteiger charge is 2.09. The molecule has 1 aromatic rings. The van der Waals surface area contributed by atoms with Crippen LogP contribution in [-0.2, 0) is 0 Å². The predicted molar refractivity (Wildman–Crippen MR) is 82.9 cm³/mol. The summed E-state index contributed by atoms with van der Waals surface area (Å²) in [5, 5.41) is 11.6. The maximum Gasteiger partial charge on any atom is 0.252 e. The summed E-state index contributed by atoms with van der Waals surface area (Å²) in [6, 6.07) is 2.14. The lowest BCUT2D eigenvalue weighted by atomic mass is 10.1. The zero-order chi connectivity index (χ0) is 15.7. The monoisotopic (exact) mass is 289 g/mol. The Hall–Kier alpha value is -1.90. The molecule has 0 saturated heterocycles. The lowest BCUT2D eigenvalue weighted by molar-refractivity contribution is 0.0951. The van der Waals surface area contributed by atoms with E-state index in [1.165, 1.54) is 6.20 Å². The fraction of sp³-hybridized carbons (Fsp3) is 0.500. The minimum Gasteiger partial charge on any atom is -0.384 e. The van der Waals surface area contributed by atoms with Crippen LogP contribution in [0.5, 0.6) is 0 Å². The lowest BCUT2D eigenvalue weighted by Crippen LogP contribution is -2.31. The topological polar surface area (TPSA) is 65.5 Å². The van der Waals surface area contributed by atoms with Crippen LogP contribution in [0.1, 0.15) is 36.2 Å². The Morgan fingerprint density at radius 1 is 1.52 bits per heavy atom. The Balaban J connectivity index is 2.53. The van der Waals surface area contributed by atoms with Crippen LogP contribution in [0.3, 0.4) is 0 Å². The first-order chi connectivity index (χ1) is 10.1. The zero-order valence-corrected chi connectivity index (χ0v) is 12.9. The molecule has 1 heterocycles. The van der Waals surface area contributed by atoms with Gasteiger partial charge in [0.1, 0.15) is 6.61 Å². The maximum atomic E-state index is 12.1. The summed E-state index contributed by atoms with van der Waals surface area (Å²) in [5.41, 5.74) is 1.02. The van der Waals surface area contributed by atoms with Crippen LogP contribution < -0.4 is 5.32 Å². The third-order valence-corrected chi connectivity index (χ3v) is 3.22. The first kappa shape index (κ1) is 17.2. The van der Waals surface area contributed by atoms with Crippen LogP contribution in [0.25, 0.3) is 0 Å². The largest absolute Gasteiger partial charge is 0.384 e. The first-order valence-electron chi connectivity index (χ1n) is 7.08. The number of aromatic nitrogens is 1. The summed E-state index contributed by atoms with van der Waals surface area (Å²) in [5.74, 6) is 5.11. The molecule has 5 nitrogen and oxygen atoms in total. The second kappa shape index (κ2) is 9.11. The first-order valence-corrected chi connectivity index (χ1v) is 7.08. The number of rotatable bonds is 6. The van der Waals surface area contributed by atoms with Gasteiger partial charge in [-0.2, -0.15) is 0 Å². The molecule has 0 aliphatic rings. The summed E-state index contributed by atoms with van der Waals surface area (Å²) in [6.45, 7) is 5.59. The van der Waals surface area contributed by atoms with Crippen LogP contribution in [0.4, 0.5) is 0 Å². The second-order valence-corrected chi connectivity index (χ2v) is 5.06. The van der Waals surface area contributed by atoms with Gasteiger partial charge in [-0.15, -0.1) is 0 Å². The molecule has 5 heteroatoms. The van der Waals surface area contributed by atoms with Crippen molar-refractivity contribution in [3.63, 3.8) is 0 Å². The number of aliphatic hydroxyl groups excluding tert-OH is 1. The summed E-state index contributed by atoms with van der Waals surface area (Å²) >= 11 is 0. The molecule has 0 spiro atoms. The number of nitrogens with one attached hydrogen (secondary N) is 1. The van der Waals surface area contributed by atoms with Crippen molar-refractivity contribution in [1.29, 1.82) is 0 Å². The van der Waals surface area contributed by atoms with Gasteiger partial charge in [-0.05, 0) is 39.9 Å². The van der Waals surface area contributed by atoms with E-state index >= 15 is 0 Å². The quantitative estimate of drug-likeness (QED) is 0.603. The molecule has 1 rings (SSSR count). The fourth-order valence-corrected chi connectivity index (χ4v) is 1.71. The van der Waals surface area contributed by atoms with Gasteiger partial charge < -0.3 is 15.3 Å². The van der Waals surface area contributed by atoms with E-state index in [4.69, 9.17) is 5.11 Å². The number of carbonyl (C=O) groups excluding carboxylic acids is 1. The summed E-state index contributed by atoms with van der Waals surface area (Å²) in [7, 11) is 2.07. The van der Waals surface area contributed by atoms with Crippen molar-refractivity contribution in [3.8, 4) is 11.8 Å². The van der Waals surface area contributed by atoms with Gasteiger partial charge in [-0.25, -0.2) is 0 Å². The lowest BCUT2D eigenvalue weighted by Gasteiger charge is -2.20.